The molecule has 0 bridgehead atoms. The van der Waals surface area contributed by atoms with Gasteiger partial charge in [0, 0.05) is 10.5 Å². The maximum Gasteiger partial charge on any atom is 0.304 e. The predicted molar refractivity (Wildman–Crippen MR) is 110 cm³/mol. The predicted octanol–water partition coefficient (Wildman–Crippen LogP) is 6.72. The largest absolute Gasteiger partial charge is 0.481 e. The van der Waals surface area contributed by atoms with E-state index in [9.17, 15) is 9.90 Å². The lowest BCUT2D eigenvalue weighted by molar-refractivity contribution is -0.136. The quantitative estimate of drug-likeness (QED) is 0.351. The van der Waals surface area contributed by atoms with Crippen LogP contribution in [0, 0.1) is 0 Å². The number of carboxylic acid groups (broad SMARTS) is 1. The van der Waals surface area contributed by atoms with Crippen molar-refractivity contribution in [2.75, 3.05) is 0 Å². The molecule has 3 heteroatoms. The Morgan fingerprint density at radius 3 is 2.20 bits per heavy atom. The average molecular weight is 365 g/mol. The number of thioether (sulfide) groups is 1. The molecule has 0 aliphatic heterocycles. The van der Waals surface area contributed by atoms with Crippen LogP contribution in [0.1, 0.15) is 83.6 Å². The van der Waals surface area contributed by atoms with Crippen LogP contribution in [-0.2, 0) is 11.2 Å². The number of hydrogen-bond donors (Lipinski definition) is 1. The number of unbranched alkanes of at least 4 members (excludes halogenated alkanes) is 7. The molecule has 1 aromatic carbocycles. The Balaban J connectivity index is 2.23. The lowest BCUT2D eigenvalue weighted by atomic mass is 10.1. The Labute approximate surface area is 158 Å². The van der Waals surface area contributed by atoms with Crippen LogP contribution in [0.4, 0.5) is 0 Å². The van der Waals surface area contributed by atoms with E-state index in [-0.39, 0.29) is 11.7 Å². The van der Waals surface area contributed by atoms with Gasteiger partial charge in [-0.25, -0.2) is 0 Å². The first-order valence-corrected chi connectivity index (χ1v) is 11.0. The van der Waals surface area contributed by atoms with Crippen LogP contribution < -0.4 is 0 Å². The summed E-state index contributed by atoms with van der Waals surface area (Å²) in [6.45, 7) is 4.51. The Kier molecular flexibility index (Phi) is 12.6. The topological polar surface area (TPSA) is 37.3 Å². The van der Waals surface area contributed by atoms with Crippen LogP contribution in [0.5, 0.6) is 0 Å². The van der Waals surface area contributed by atoms with Gasteiger partial charge < -0.3 is 5.11 Å². The molecular formula is C22H36O2S. The number of aliphatic carboxylic acids is 1. The first-order valence-electron chi connectivity index (χ1n) is 10.0. The van der Waals surface area contributed by atoms with Crippen LogP contribution in [0.15, 0.2) is 30.3 Å². The zero-order valence-corrected chi connectivity index (χ0v) is 16.9. The van der Waals surface area contributed by atoms with E-state index in [4.69, 9.17) is 0 Å². The van der Waals surface area contributed by atoms with Crippen molar-refractivity contribution in [2.24, 2.45) is 0 Å². The van der Waals surface area contributed by atoms with Gasteiger partial charge in [0.2, 0.25) is 0 Å². The van der Waals surface area contributed by atoms with Gasteiger partial charge in [0.1, 0.15) is 0 Å². The Morgan fingerprint density at radius 1 is 1.00 bits per heavy atom. The van der Waals surface area contributed by atoms with E-state index in [1.54, 1.807) is 0 Å². The summed E-state index contributed by atoms with van der Waals surface area (Å²) in [4.78, 5) is 11.2. The molecule has 0 heterocycles. The fourth-order valence-corrected chi connectivity index (χ4v) is 4.69. The minimum Gasteiger partial charge on any atom is -0.481 e. The third-order valence-corrected chi connectivity index (χ3v) is 6.02. The molecule has 0 aliphatic carbocycles. The van der Waals surface area contributed by atoms with Gasteiger partial charge in [0.25, 0.3) is 0 Å². The second-order valence-electron chi connectivity index (χ2n) is 7.12. The summed E-state index contributed by atoms with van der Waals surface area (Å²) in [5.74, 6) is -0.687. The molecule has 1 N–H and O–H groups in total. The first kappa shape index (κ1) is 22.1. The average Bonchev–Trinajstić information content (AvgIpc) is 2.57. The van der Waals surface area contributed by atoms with Crippen molar-refractivity contribution in [3.8, 4) is 0 Å². The smallest absolute Gasteiger partial charge is 0.304 e. The SMILES string of the molecule is CCCCCCCCCCC(C)SC(CC(=O)O)Cc1ccccc1. The second-order valence-corrected chi connectivity index (χ2v) is 8.86. The number of carbonyl (C=O) groups is 1. The van der Waals surface area contributed by atoms with Crippen molar-refractivity contribution in [2.45, 2.75) is 95.0 Å². The van der Waals surface area contributed by atoms with Gasteiger partial charge in [-0.05, 0) is 18.4 Å². The molecule has 0 aliphatic rings. The van der Waals surface area contributed by atoms with Crippen LogP contribution in [0.25, 0.3) is 0 Å². The summed E-state index contributed by atoms with van der Waals surface area (Å²) < 4.78 is 0. The monoisotopic (exact) mass is 364 g/mol. The van der Waals surface area contributed by atoms with E-state index < -0.39 is 5.97 Å². The molecule has 1 aromatic rings. The Morgan fingerprint density at radius 2 is 1.60 bits per heavy atom. The van der Waals surface area contributed by atoms with E-state index >= 15 is 0 Å². The highest BCUT2D eigenvalue weighted by molar-refractivity contribution is 8.00. The highest BCUT2D eigenvalue weighted by atomic mass is 32.2. The van der Waals surface area contributed by atoms with Crippen molar-refractivity contribution in [1.29, 1.82) is 0 Å². The van der Waals surface area contributed by atoms with E-state index in [1.807, 2.05) is 30.0 Å². The number of rotatable bonds is 15. The van der Waals surface area contributed by atoms with Crippen LogP contribution in [-0.4, -0.2) is 21.6 Å². The zero-order chi connectivity index (χ0) is 18.3. The van der Waals surface area contributed by atoms with Gasteiger partial charge in [0.15, 0.2) is 0 Å². The molecule has 0 radical (unpaired) electrons. The van der Waals surface area contributed by atoms with Gasteiger partial charge >= 0.3 is 5.97 Å². The molecule has 0 spiro atoms. The van der Waals surface area contributed by atoms with Crippen molar-refractivity contribution < 1.29 is 9.90 Å². The van der Waals surface area contributed by atoms with E-state index in [2.05, 4.69) is 26.0 Å². The van der Waals surface area contributed by atoms with Crippen molar-refractivity contribution >= 4 is 17.7 Å². The molecule has 2 unspecified atom stereocenters. The van der Waals surface area contributed by atoms with Gasteiger partial charge in [0.05, 0.1) is 6.42 Å². The summed E-state index contributed by atoms with van der Waals surface area (Å²) in [5, 5.41) is 9.90. The maximum atomic E-state index is 11.2. The zero-order valence-electron chi connectivity index (χ0n) is 16.1. The lowest BCUT2D eigenvalue weighted by Gasteiger charge is -2.19. The highest BCUT2D eigenvalue weighted by Crippen LogP contribution is 2.27. The number of carboxylic acids is 1. The van der Waals surface area contributed by atoms with Crippen LogP contribution in [0.2, 0.25) is 0 Å². The van der Waals surface area contributed by atoms with Crippen LogP contribution in [0.3, 0.4) is 0 Å². The summed E-state index contributed by atoms with van der Waals surface area (Å²) in [6, 6.07) is 10.3. The molecule has 0 saturated carbocycles. The second kappa shape index (κ2) is 14.2. The molecule has 0 saturated heterocycles. The molecule has 1 rings (SSSR count). The molecule has 25 heavy (non-hydrogen) atoms. The van der Waals surface area contributed by atoms with E-state index in [0.29, 0.717) is 5.25 Å². The normalized spacial score (nSPS) is 13.5. The third-order valence-electron chi connectivity index (χ3n) is 4.60. The van der Waals surface area contributed by atoms with Crippen molar-refractivity contribution in [3.63, 3.8) is 0 Å². The Bertz CT molecular complexity index is 447. The third kappa shape index (κ3) is 12.1. The summed E-state index contributed by atoms with van der Waals surface area (Å²) in [7, 11) is 0. The summed E-state index contributed by atoms with van der Waals surface area (Å²) in [6.07, 6.45) is 13.1. The van der Waals surface area contributed by atoms with Gasteiger partial charge in [-0.1, -0.05) is 95.5 Å². The van der Waals surface area contributed by atoms with Gasteiger partial charge in [-0.15, -0.1) is 0 Å². The maximum absolute atomic E-state index is 11.2. The highest BCUT2D eigenvalue weighted by Gasteiger charge is 2.17. The number of benzene rings is 1. The number of hydrogen-bond acceptors (Lipinski definition) is 2. The molecule has 0 aromatic heterocycles. The first-order chi connectivity index (χ1) is 12.1. The lowest BCUT2D eigenvalue weighted by Crippen LogP contribution is -2.16. The van der Waals surface area contributed by atoms with Crippen LogP contribution >= 0.6 is 11.8 Å². The summed E-state index contributed by atoms with van der Waals surface area (Å²) >= 11 is 1.86. The van der Waals surface area contributed by atoms with Gasteiger partial charge in [-0.3, -0.25) is 4.79 Å². The van der Waals surface area contributed by atoms with Crippen molar-refractivity contribution in [1.82, 2.24) is 0 Å². The fraction of sp³-hybridized carbons (Fsp3) is 0.682. The summed E-state index contributed by atoms with van der Waals surface area (Å²) in [5.41, 5.74) is 1.24. The van der Waals surface area contributed by atoms with Gasteiger partial charge in [-0.2, -0.15) is 11.8 Å². The Hall–Kier alpha value is -0.960. The fourth-order valence-electron chi connectivity index (χ4n) is 3.20. The van der Waals surface area contributed by atoms with Crippen molar-refractivity contribution in [3.05, 3.63) is 35.9 Å². The molecule has 0 amide bonds. The molecule has 142 valence electrons. The standard InChI is InChI=1S/C22H36O2S/c1-3-4-5-6-7-8-9-11-14-19(2)25-21(18-22(23)24)17-20-15-12-10-13-16-20/h10,12-13,15-16,19,21H,3-9,11,14,17-18H2,1-2H3,(H,23,24). The minimum atomic E-state index is -0.687. The van der Waals surface area contributed by atoms with E-state index in [1.165, 1.54) is 63.4 Å². The molecule has 2 nitrogen and oxygen atoms in total. The minimum absolute atomic E-state index is 0.170. The molecule has 0 fully saturated rings. The molecule has 2 atom stereocenters. The molecular weight excluding hydrogens is 328 g/mol. The van der Waals surface area contributed by atoms with E-state index in [0.717, 1.165) is 6.42 Å².